The molecule has 2 rings (SSSR count). The Morgan fingerprint density at radius 1 is 0.963 bits per heavy atom. The predicted octanol–water partition coefficient (Wildman–Crippen LogP) is 2.61. The van der Waals surface area contributed by atoms with Gasteiger partial charge in [-0.15, -0.1) is 0 Å². The number of sulfone groups is 1. The van der Waals surface area contributed by atoms with E-state index in [1.165, 1.54) is 36.4 Å². The molecule has 5 nitrogen and oxygen atoms in total. The van der Waals surface area contributed by atoms with Crippen molar-refractivity contribution in [3.05, 3.63) is 54.1 Å². The molecule has 2 aromatic carbocycles. The van der Waals surface area contributed by atoms with E-state index < -0.39 is 33.4 Å². The molecule has 0 bridgehead atoms. The molecule has 0 spiro atoms. The largest absolute Gasteiger partial charge is 0.398 e. The third-order valence-corrected chi connectivity index (χ3v) is 5.45. The number of hydrogen-bond acceptors (Lipinski definition) is 4. The third kappa shape index (κ3) is 4.48. The van der Waals surface area contributed by atoms with Crippen LogP contribution in [0.1, 0.15) is 18.4 Å². The molecule has 2 atom stereocenters. The highest BCUT2D eigenvalue weighted by atomic mass is 32.2. The van der Waals surface area contributed by atoms with Gasteiger partial charge in [-0.3, -0.25) is 4.79 Å². The fraction of sp³-hybridized carbons (Fsp3) is 0.278. The minimum atomic E-state index is -4.77. The number of carbonyl (C=O) groups excluding carboxylic acids is 1. The van der Waals surface area contributed by atoms with Gasteiger partial charge >= 0.3 is 6.18 Å². The fourth-order valence-corrected chi connectivity index (χ4v) is 3.41. The van der Waals surface area contributed by atoms with Crippen LogP contribution in [-0.2, 0) is 14.6 Å². The highest BCUT2D eigenvalue weighted by molar-refractivity contribution is 7.90. The first kappa shape index (κ1) is 20.9. The maximum atomic E-state index is 13.5. The summed E-state index contributed by atoms with van der Waals surface area (Å²) in [6.45, 7) is 0.950. The summed E-state index contributed by atoms with van der Waals surface area (Å²) in [5, 5.41) is 0. The third-order valence-electron chi connectivity index (χ3n) is 4.32. The highest BCUT2D eigenvalue weighted by Gasteiger charge is 2.53. The van der Waals surface area contributed by atoms with E-state index in [4.69, 9.17) is 11.5 Å². The number of benzene rings is 2. The van der Waals surface area contributed by atoms with E-state index in [0.717, 1.165) is 13.2 Å². The summed E-state index contributed by atoms with van der Waals surface area (Å²) in [6.07, 6.45) is -3.69. The van der Waals surface area contributed by atoms with E-state index in [1.54, 1.807) is 12.1 Å². The zero-order valence-electron chi connectivity index (χ0n) is 14.6. The summed E-state index contributed by atoms with van der Waals surface area (Å²) in [5.74, 6) is -3.52. The number of hydrogen-bond donors (Lipinski definition) is 2. The molecule has 0 aliphatic rings. The fourth-order valence-electron chi connectivity index (χ4n) is 2.78. The van der Waals surface area contributed by atoms with Gasteiger partial charge < -0.3 is 11.5 Å². The highest BCUT2D eigenvalue weighted by Crippen LogP contribution is 2.41. The second-order valence-corrected chi connectivity index (χ2v) is 8.56. The van der Waals surface area contributed by atoms with Crippen LogP contribution in [0, 0.1) is 0 Å². The van der Waals surface area contributed by atoms with Crippen LogP contribution in [0.15, 0.2) is 53.4 Å². The van der Waals surface area contributed by atoms with Gasteiger partial charge in [-0.1, -0.05) is 36.4 Å². The predicted molar refractivity (Wildman–Crippen MR) is 95.6 cm³/mol. The van der Waals surface area contributed by atoms with Crippen LogP contribution in [0.2, 0.25) is 0 Å². The van der Waals surface area contributed by atoms with Gasteiger partial charge in [0.05, 0.1) is 4.90 Å². The van der Waals surface area contributed by atoms with Crippen molar-refractivity contribution < 1.29 is 26.4 Å². The summed E-state index contributed by atoms with van der Waals surface area (Å²) in [6, 6.07) is 11.3. The van der Waals surface area contributed by atoms with E-state index in [9.17, 15) is 26.4 Å². The Morgan fingerprint density at radius 3 is 1.70 bits per heavy atom. The van der Waals surface area contributed by atoms with Gasteiger partial charge in [0, 0.05) is 6.26 Å². The summed E-state index contributed by atoms with van der Waals surface area (Å²) in [4.78, 5) is 11.6. The maximum absolute atomic E-state index is 13.5. The smallest absolute Gasteiger partial charge is 0.368 e. The summed E-state index contributed by atoms with van der Waals surface area (Å²) in [5.41, 5.74) is 9.35. The van der Waals surface area contributed by atoms with Crippen molar-refractivity contribution in [2.45, 2.75) is 29.5 Å². The lowest BCUT2D eigenvalue weighted by molar-refractivity contribution is -0.169. The Balaban J connectivity index is 2.42. The second kappa shape index (κ2) is 6.97. The molecule has 27 heavy (non-hydrogen) atoms. The zero-order valence-corrected chi connectivity index (χ0v) is 15.4. The Bertz CT molecular complexity index is 935. The van der Waals surface area contributed by atoms with Crippen LogP contribution in [-0.4, -0.2) is 32.3 Å². The molecule has 1 amide bonds. The molecule has 0 aromatic heterocycles. The molecule has 9 heteroatoms. The Labute approximate surface area is 155 Å². The molecule has 0 saturated carbocycles. The first-order valence-corrected chi connectivity index (χ1v) is 9.69. The first-order valence-electron chi connectivity index (χ1n) is 7.80. The lowest BCUT2D eigenvalue weighted by Gasteiger charge is -2.33. The van der Waals surface area contributed by atoms with Crippen molar-refractivity contribution >= 4 is 15.7 Å². The Morgan fingerprint density at radius 2 is 1.37 bits per heavy atom. The quantitative estimate of drug-likeness (QED) is 0.805. The topological polar surface area (TPSA) is 103 Å². The van der Waals surface area contributed by atoms with Gasteiger partial charge in [-0.25, -0.2) is 8.42 Å². The number of primary amides is 1. The Hall–Kier alpha value is -2.39. The van der Waals surface area contributed by atoms with Crippen molar-refractivity contribution in [1.29, 1.82) is 0 Å². The number of alkyl halides is 3. The monoisotopic (exact) mass is 400 g/mol. The van der Waals surface area contributed by atoms with Crippen molar-refractivity contribution in [2.24, 2.45) is 11.5 Å². The minimum Gasteiger partial charge on any atom is -0.368 e. The summed E-state index contributed by atoms with van der Waals surface area (Å²) >= 11 is 0. The van der Waals surface area contributed by atoms with Crippen molar-refractivity contribution in [3.8, 4) is 11.1 Å². The average Bonchev–Trinajstić information content (AvgIpc) is 2.53. The standard InChI is InChI=1S/C18H19F3N2O3S/c1-17(23,16(22)24)15(18(19,20)21)13-5-3-11(4-6-13)12-7-9-14(10-8-12)27(2,25)26/h3-10,15H,23H2,1-2H3,(H2,22,24)/t15?,17-/m1/s1. The van der Waals surface area contributed by atoms with E-state index in [-0.39, 0.29) is 10.5 Å². The molecule has 0 aliphatic heterocycles. The lowest BCUT2D eigenvalue weighted by Crippen LogP contribution is -2.57. The molecule has 0 fully saturated rings. The van der Waals surface area contributed by atoms with Gasteiger partial charge in [-0.2, -0.15) is 13.2 Å². The number of rotatable bonds is 5. The SMILES string of the molecule is C[C@](N)(C(N)=O)C(c1ccc(-c2ccc(S(C)(=O)=O)cc2)cc1)C(F)(F)F. The van der Waals surface area contributed by atoms with Gasteiger partial charge in [0.25, 0.3) is 0 Å². The van der Waals surface area contributed by atoms with Crippen LogP contribution in [0.3, 0.4) is 0 Å². The number of amides is 1. The van der Waals surface area contributed by atoms with Crippen LogP contribution >= 0.6 is 0 Å². The van der Waals surface area contributed by atoms with Gasteiger partial charge in [-0.05, 0) is 35.7 Å². The molecule has 0 saturated heterocycles. The Kier molecular flexibility index (Phi) is 5.40. The molecular weight excluding hydrogens is 381 g/mol. The molecule has 0 aliphatic carbocycles. The molecule has 146 valence electrons. The van der Waals surface area contributed by atoms with Crippen LogP contribution in [0.25, 0.3) is 11.1 Å². The summed E-state index contributed by atoms with van der Waals surface area (Å²) in [7, 11) is -3.34. The molecule has 2 aromatic rings. The zero-order chi connectivity index (χ0) is 20.6. The van der Waals surface area contributed by atoms with E-state index in [1.807, 2.05) is 0 Å². The summed E-state index contributed by atoms with van der Waals surface area (Å²) < 4.78 is 63.5. The van der Waals surface area contributed by atoms with Crippen molar-refractivity contribution in [3.63, 3.8) is 0 Å². The molecule has 0 heterocycles. The lowest BCUT2D eigenvalue weighted by atomic mass is 9.79. The van der Waals surface area contributed by atoms with Crippen LogP contribution < -0.4 is 11.5 Å². The van der Waals surface area contributed by atoms with Gasteiger partial charge in [0.15, 0.2) is 9.84 Å². The second-order valence-electron chi connectivity index (χ2n) is 6.54. The minimum absolute atomic E-state index is 0.139. The van der Waals surface area contributed by atoms with Gasteiger partial charge in [0.2, 0.25) is 5.91 Å². The van der Waals surface area contributed by atoms with Crippen LogP contribution in [0.4, 0.5) is 13.2 Å². The van der Waals surface area contributed by atoms with E-state index >= 15 is 0 Å². The molecular formula is C18H19F3N2O3S. The van der Waals surface area contributed by atoms with Gasteiger partial charge in [0.1, 0.15) is 11.5 Å². The molecule has 4 N–H and O–H groups in total. The van der Waals surface area contributed by atoms with E-state index in [2.05, 4.69) is 0 Å². The van der Waals surface area contributed by atoms with Crippen molar-refractivity contribution in [2.75, 3.05) is 6.26 Å². The normalized spacial score (nSPS) is 15.8. The van der Waals surface area contributed by atoms with E-state index in [0.29, 0.717) is 11.1 Å². The number of nitrogens with two attached hydrogens (primary N) is 2. The van der Waals surface area contributed by atoms with Crippen LogP contribution in [0.5, 0.6) is 0 Å². The van der Waals surface area contributed by atoms with Crippen molar-refractivity contribution in [1.82, 2.24) is 0 Å². The first-order chi connectivity index (χ1) is 12.2. The average molecular weight is 400 g/mol. The number of carbonyl (C=O) groups is 1. The maximum Gasteiger partial charge on any atom is 0.398 e. The molecule has 1 unspecified atom stereocenters. The molecule has 0 radical (unpaired) electrons. The number of halogens is 3.